The van der Waals surface area contributed by atoms with Gasteiger partial charge in [-0.15, -0.1) is 0 Å². The molecule has 19 heteroatoms. The van der Waals surface area contributed by atoms with Crippen molar-refractivity contribution in [2.45, 2.75) is 73.8 Å². The van der Waals surface area contributed by atoms with Gasteiger partial charge in [-0.05, 0) is 6.42 Å². The monoisotopic (exact) mass is 585 g/mol. The minimum absolute atomic E-state index is 0.446. The van der Waals surface area contributed by atoms with Crippen molar-refractivity contribution in [1.82, 2.24) is 0 Å². The van der Waals surface area contributed by atoms with Crippen molar-refractivity contribution < 1.29 is 84.1 Å². The molecular formula is C18H11F18O. The third-order valence-corrected chi connectivity index (χ3v) is 4.94. The lowest BCUT2D eigenvalue weighted by molar-refractivity contribution is -0.401. The van der Waals surface area contributed by atoms with E-state index in [1.807, 2.05) is 0 Å². The van der Waals surface area contributed by atoms with Crippen molar-refractivity contribution in [3.8, 4) is 0 Å². The second-order valence-electron chi connectivity index (χ2n) is 7.49. The minimum atomic E-state index is -7.66. The summed E-state index contributed by atoms with van der Waals surface area (Å²) in [4.78, 5) is 0. The van der Waals surface area contributed by atoms with Crippen LogP contribution in [0.1, 0.15) is 42.6 Å². The highest BCUT2D eigenvalue weighted by Gasteiger charge is 2.84. The van der Waals surface area contributed by atoms with Crippen LogP contribution in [0.5, 0.6) is 0 Å². The standard InChI is InChI=1S/C18H11F18O/c1-2-4-9(37)10-7(11(19,20)13(23,24)15(27,28)17(31,32)33)5-3-6-8(10)12(21,22)14(25,26)16(29,30)18(34,35)36/h3,5-6,9H,2,4H2,1H3. The fraction of sp³-hybridized carbons (Fsp3) is 0.667. The van der Waals surface area contributed by atoms with Crippen LogP contribution in [-0.2, 0) is 17.0 Å². The van der Waals surface area contributed by atoms with Gasteiger partial charge in [-0.25, -0.2) is 5.11 Å². The fourth-order valence-electron chi connectivity index (χ4n) is 2.95. The molecule has 0 N–H and O–H groups in total. The highest BCUT2D eigenvalue weighted by atomic mass is 19.4. The molecule has 37 heavy (non-hydrogen) atoms. The van der Waals surface area contributed by atoms with E-state index < -0.39 is 102 Å². The Balaban J connectivity index is 4.14. The van der Waals surface area contributed by atoms with Crippen molar-refractivity contribution in [3.05, 3.63) is 34.9 Å². The predicted molar refractivity (Wildman–Crippen MR) is 84.5 cm³/mol. The minimum Gasteiger partial charge on any atom is -0.228 e. The summed E-state index contributed by atoms with van der Waals surface area (Å²) in [6, 6.07) is -1.73. The van der Waals surface area contributed by atoms with E-state index in [9.17, 15) is 84.1 Å². The average Bonchev–Trinajstić information content (AvgIpc) is 2.71. The Bertz CT molecular complexity index is 890. The zero-order valence-electron chi connectivity index (χ0n) is 17.4. The summed E-state index contributed by atoms with van der Waals surface area (Å²) in [5, 5.41) is 12.2. The Hall–Kier alpha value is -2.08. The molecule has 0 saturated heterocycles. The third kappa shape index (κ3) is 4.79. The Kier molecular flexibility index (Phi) is 8.27. The molecular weight excluding hydrogens is 574 g/mol. The van der Waals surface area contributed by atoms with Crippen molar-refractivity contribution >= 4 is 0 Å². The molecule has 0 fully saturated rings. The maximum absolute atomic E-state index is 14.5. The second-order valence-corrected chi connectivity index (χ2v) is 7.49. The first kappa shape index (κ1) is 32.9. The molecule has 1 nitrogen and oxygen atoms in total. The summed E-state index contributed by atoms with van der Waals surface area (Å²) in [5.41, 5.74) is -9.11. The summed E-state index contributed by atoms with van der Waals surface area (Å²) in [7, 11) is 0. The van der Waals surface area contributed by atoms with E-state index in [0.717, 1.165) is 6.92 Å². The molecule has 1 radical (unpaired) electrons. The number of rotatable bonds is 9. The Morgan fingerprint density at radius 1 is 0.568 bits per heavy atom. The molecule has 0 bridgehead atoms. The van der Waals surface area contributed by atoms with Crippen molar-refractivity contribution in [2.75, 3.05) is 0 Å². The highest BCUT2D eigenvalue weighted by Crippen LogP contribution is 2.61. The Morgan fingerprint density at radius 3 is 1.11 bits per heavy atom. The van der Waals surface area contributed by atoms with Gasteiger partial charge in [0.05, 0.1) is 0 Å². The number of hydrogen-bond donors (Lipinski definition) is 0. The maximum atomic E-state index is 14.5. The zero-order chi connectivity index (χ0) is 29.8. The number of alkyl halides is 18. The van der Waals surface area contributed by atoms with E-state index in [1.54, 1.807) is 0 Å². The van der Waals surface area contributed by atoms with Crippen LogP contribution in [0.25, 0.3) is 0 Å². The SMILES string of the molecule is CCCC([O])c1c(C(F)(F)C(F)(F)C(F)(F)C(F)(F)F)cccc1C(F)(F)C(F)(F)C(F)(F)C(F)(F)F. The van der Waals surface area contributed by atoms with Gasteiger partial charge in [-0.1, -0.05) is 31.5 Å². The van der Waals surface area contributed by atoms with Gasteiger partial charge in [0.1, 0.15) is 6.10 Å². The van der Waals surface area contributed by atoms with Crippen LogP contribution < -0.4 is 0 Å². The summed E-state index contributed by atoms with van der Waals surface area (Å²) >= 11 is 0. The zero-order valence-corrected chi connectivity index (χ0v) is 17.4. The average molecular weight is 585 g/mol. The van der Waals surface area contributed by atoms with Gasteiger partial charge < -0.3 is 0 Å². The van der Waals surface area contributed by atoms with E-state index in [-0.39, 0.29) is 0 Å². The first-order valence-electron chi connectivity index (χ1n) is 9.29. The molecule has 215 valence electrons. The lowest BCUT2D eigenvalue weighted by atomic mass is 9.83. The molecule has 0 aliphatic heterocycles. The number of hydrogen-bond acceptors (Lipinski definition) is 0. The second kappa shape index (κ2) is 9.29. The highest BCUT2D eigenvalue weighted by molar-refractivity contribution is 5.44. The van der Waals surface area contributed by atoms with Crippen LogP contribution in [0.2, 0.25) is 0 Å². The summed E-state index contributed by atoms with van der Waals surface area (Å²) < 4.78 is 241. The quantitative estimate of drug-likeness (QED) is 0.258. The summed E-state index contributed by atoms with van der Waals surface area (Å²) in [6.07, 6.45) is -20.2. The molecule has 0 aliphatic rings. The van der Waals surface area contributed by atoms with Gasteiger partial charge in [0.25, 0.3) is 0 Å². The van der Waals surface area contributed by atoms with Crippen LogP contribution in [0.3, 0.4) is 0 Å². The molecule has 0 aromatic heterocycles. The van der Waals surface area contributed by atoms with E-state index >= 15 is 0 Å². The molecule has 0 amide bonds. The molecule has 0 heterocycles. The van der Waals surface area contributed by atoms with Gasteiger partial charge in [-0.2, -0.15) is 79.0 Å². The van der Waals surface area contributed by atoms with Gasteiger partial charge >= 0.3 is 47.9 Å². The largest absolute Gasteiger partial charge is 0.460 e. The van der Waals surface area contributed by atoms with Gasteiger partial charge in [0, 0.05) is 16.7 Å². The smallest absolute Gasteiger partial charge is 0.228 e. The molecule has 1 aromatic carbocycles. The molecule has 1 unspecified atom stereocenters. The van der Waals surface area contributed by atoms with E-state index in [2.05, 4.69) is 0 Å². The first-order chi connectivity index (χ1) is 16.1. The third-order valence-electron chi connectivity index (χ3n) is 4.94. The van der Waals surface area contributed by atoms with E-state index in [4.69, 9.17) is 0 Å². The molecule has 0 saturated carbocycles. The molecule has 1 atom stereocenters. The molecule has 1 rings (SSSR count). The number of halogens is 18. The van der Waals surface area contributed by atoms with E-state index in [0.29, 0.717) is 0 Å². The Morgan fingerprint density at radius 2 is 0.865 bits per heavy atom. The van der Waals surface area contributed by atoms with Crippen molar-refractivity contribution in [2.24, 2.45) is 0 Å². The lowest BCUT2D eigenvalue weighted by Gasteiger charge is -2.37. The maximum Gasteiger partial charge on any atom is 0.460 e. The normalized spacial score (nSPS) is 16.2. The summed E-state index contributed by atoms with van der Waals surface area (Å²) in [6.45, 7) is 0.933. The molecule has 1 aromatic rings. The van der Waals surface area contributed by atoms with Crippen LogP contribution in [0, 0.1) is 0 Å². The van der Waals surface area contributed by atoms with E-state index in [1.165, 1.54) is 0 Å². The van der Waals surface area contributed by atoms with Crippen LogP contribution >= 0.6 is 0 Å². The topological polar surface area (TPSA) is 19.9 Å². The van der Waals surface area contributed by atoms with Crippen LogP contribution in [0.15, 0.2) is 18.2 Å². The Labute approximate surface area is 194 Å². The summed E-state index contributed by atoms with van der Waals surface area (Å²) in [5.74, 6) is -44.5. The van der Waals surface area contributed by atoms with Gasteiger partial charge in [0.15, 0.2) is 0 Å². The fourth-order valence-corrected chi connectivity index (χ4v) is 2.95. The number of benzene rings is 1. The van der Waals surface area contributed by atoms with Crippen molar-refractivity contribution in [3.63, 3.8) is 0 Å². The van der Waals surface area contributed by atoms with Crippen molar-refractivity contribution in [1.29, 1.82) is 0 Å². The lowest BCUT2D eigenvalue weighted by Crippen LogP contribution is -2.60. The predicted octanol–water partition coefficient (Wildman–Crippen LogP) is 8.81. The first-order valence-corrected chi connectivity index (χ1v) is 9.29. The molecule has 0 spiro atoms. The van der Waals surface area contributed by atoms with Crippen LogP contribution in [0.4, 0.5) is 79.0 Å². The van der Waals surface area contributed by atoms with Gasteiger partial charge in [0.2, 0.25) is 0 Å². The van der Waals surface area contributed by atoms with Gasteiger partial charge in [-0.3, -0.25) is 0 Å². The van der Waals surface area contributed by atoms with Crippen LogP contribution in [-0.4, -0.2) is 36.0 Å². The molecule has 0 aliphatic carbocycles.